The van der Waals surface area contributed by atoms with Gasteiger partial charge in [-0.1, -0.05) is 0 Å². The number of methoxy groups -OCH3 is 1. The Bertz CT molecular complexity index is 631. The molecule has 2 N–H and O–H groups in total. The Hall–Kier alpha value is -2.44. The summed E-state index contributed by atoms with van der Waals surface area (Å²) in [6, 6.07) is 4.80. The van der Waals surface area contributed by atoms with Gasteiger partial charge < -0.3 is 24.8 Å². The van der Waals surface area contributed by atoms with Gasteiger partial charge in [-0.3, -0.25) is 0 Å². The SMILES string of the molecule is COC(=O)c1ccc(N)c(OC2CCN(C(=O)OC(C)(C)C)CC2)c1. The van der Waals surface area contributed by atoms with Gasteiger partial charge in [-0.25, -0.2) is 9.59 Å². The Morgan fingerprint density at radius 1 is 1.20 bits per heavy atom. The lowest BCUT2D eigenvalue weighted by Crippen LogP contribution is -2.44. The van der Waals surface area contributed by atoms with E-state index in [9.17, 15) is 9.59 Å². The third-order valence-corrected chi connectivity index (χ3v) is 3.82. The van der Waals surface area contributed by atoms with Crippen LogP contribution in [0.3, 0.4) is 0 Å². The molecule has 0 aliphatic carbocycles. The minimum Gasteiger partial charge on any atom is -0.488 e. The van der Waals surface area contributed by atoms with Gasteiger partial charge in [-0.2, -0.15) is 0 Å². The first-order valence-electron chi connectivity index (χ1n) is 8.32. The molecule has 1 saturated heterocycles. The molecule has 0 unspecified atom stereocenters. The molecule has 7 heteroatoms. The predicted octanol–water partition coefficient (Wildman–Crippen LogP) is 2.83. The van der Waals surface area contributed by atoms with Gasteiger partial charge in [0, 0.05) is 25.9 Å². The lowest BCUT2D eigenvalue weighted by atomic mass is 10.1. The summed E-state index contributed by atoms with van der Waals surface area (Å²) in [5, 5.41) is 0. The number of esters is 1. The number of nitrogens with zero attached hydrogens (tertiary/aromatic N) is 1. The number of nitrogens with two attached hydrogens (primary N) is 1. The first-order valence-corrected chi connectivity index (χ1v) is 8.32. The molecule has 2 rings (SSSR count). The number of rotatable bonds is 3. The maximum absolute atomic E-state index is 12.1. The molecule has 1 amide bonds. The summed E-state index contributed by atoms with van der Waals surface area (Å²) in [5.74, 6) is 0.0169. The second kappa shape index (κ2) is 7.63. The van der Waals surface area contributed by atoms with E-state index in [0.717, 1.165) is 0 Å². The van der Waals surface area contributed by atoms with E-state index in [1.54, 1.807) is 23.1 Å². The zero-order valence-electron chi connectivity index (χ0n) is 15.2. The molecular formula is C18H26N2O5. The van der Waals surface area contributed by atoms with Crippen LogP contribution >= 0.6 is 0 Å². The number of piperidine rings is 1. The van der Waals surface area contributed by atoms with Crippen molar-refractivity contribution in [1.82, 2.24) is 4.90 Å². The van der Waals surface area contributed by atoms with E-state index in [1.165, 1.54) is 7.11 Å². The molecule has 0 saturated carbocycles. The fourth-order valence-electron chi connectivity index (χ4n) is 2.54. The Morgan fingerprint density at radius 2 is 1.84 bits per heavy atom. The van der Waals surface area contributed by atoms with Crippen molar-refractivity contribution in [2.75, 3.05) is 25.9 Å². The summed E-state index contributed by atoms with van der Waals surface area (Å²) in [6.07, 6.45) is 0.953. The van der Waals surface area contributed by atoms with Crippen LogP contribution in [0.1, 0.15) is 44.0 Å². The third kappa shape index (κ3) is 5.27. The Morgan fingerprint density at radius 3 is 2.40 bits per heavy atom. The molecule has 1 aromatic rings. The average molecular weight is 350 g/mol. The quantitative estimate of drug-likeness (QED) is 0.666. The molecule has 25 heavy (non-hydrogen) atoms. The van der Waals surface area contributed by atoms with Crippen LogP contribution in [0.15, 0.2) is 18.2 Å². The molecule has 0 bridgehead atoms. The maximum Gasteiger partial charge on any atom is 0.410 e. The minimum absolute atomic E-state index is 0.0751. The molecule has 1 aliphatic rings. The average Bonchev–Trinajstić information content (AvgIpc) is 2.55. The van der Waals surface area contributed by atoms with Crippen LogP contribution < -0.4 is 10.5 Å². The standard InChI is InChI=1S/C18H26N2O5/c1-18(2,3)25-17(22)20-9-7-13(8-10-20)24-15-11-12(16(21)23-4)5-6-14(15)19/h5-6,11,13H,7-10,19H2,1-4H3. The van der Waals surface area contributed by atoms with Crippen LogP contribution in [0.4, 0.5) is 10.5 Å². The van der Waals surface area contributed by atoms with Crippen LogP contribution in [0.25, 0.3) is 0 Å². The molecule has 0 radical (unpaired) electrons. The molecule has 1 aliphatic heterocycles. The van der Waals surface area contributed by atoms with Crippen molar-refractivity contribution in [1.29, 1.82) is 0 Å². The molecule has 1 fully saturated rings. The maximum atomic E-state index is 12.1. The van der Waals surface area contributed by atoms with Crippen molar-refractivity contribution in [3.8, 4) is 5.75 Å². The summed E-state index contributed by atoms with van der Waals surface area (Å²) in [6.45, 7) is 6.64. The molecule has 0 aromatic heterocycles. The van der Waals surface area contributed by atoms with Gasteiger partial charge in [0.2, 0.25) is 0 Å². The zero-order valence-corrected chi connectivity index (χ0v) is 15.2. The Labute approximate surface area is 148 Å². The monoisotopic (exact) mass is 350 g/mol. The number of likely N-dealkylation sites (tertiary alicyclic amines) is 1. The van der Waals surface area contributed by atoms with Crippen LogP contribution in [0.5, 0.6) is 5.75 Å². The molecule has 7 nitrogen and oxygen atoms in total. The van der Waals surface area contributed by atoms with Crippen LogP contribution in [-0.4, -0.2) is 48.9 Å². The number of hydrogen-bond acceptors (Lipinski definition) is 6. The Balaban J connectivity index is 1.94. The minimum atomic E-state index is -0.507. The lowest BCUT2D eigenvalue weighted by Gasteiger charge is -2.33. The molecule has 138 valence electrons. The van der Waals surface area contributed by atoms with Crippen molar-refractivity contribution in [2.45, 2.75) is 45.3 Å². The van der Waals surface area contributed by atoms with E-state index in [4.69, 9.17) is 19.9 Å². The summed E-state index contributed by atoms with van der Waals surface area (Å²) in [5.41, 5.74) is 6.27. The number of ether oxygens (including phenoxy) is 3. The van der Waals surface area contributed by atoms with Gasteiger partial charge in [-0.15, -0.1) is 0 Å². The molecule has 1 aromatic carbocycles. The van der Waals surface area contributed by atoms with E-state index in [-0.39, 0.29) is 12.2 Å². The number of anilines is 1. The van der Waals surface area contributed by atoms with Crippen molar-refractivity contribution in [3.63, 3.8) is 0 Å². The molecular weight excluding hydrogens is 324 g/mol. The van der Waals surface area contributed by atoms with Gasteiger partial charge in [0.15, 0.2) is 0 Å². The van der Waals surface area contributed by atoms with Gasteiger partial charge in [0.25, 0.3) is 0 Å². The number of carbonyl (C=O) groups is 2. The van der Waals surface area contributed by atoms with E-state index in [1.807, 2.05) is 20.8 Å². The summed E-state index contributed by atoms with van der Waals surface area (Å²) >= 11 is 0. The van der Waals surface area contributed by atoms with Gasteiger partial charge in [0.05, 0.1) is 18.4 Å². The second-order valence-electron chi connectivity index (χ2n) is 7.03. The van der Waals surface area contributed by atoms with Gasteiger partial charge in [-0.05, 0) is 39.0 Å². The summed E-state index contributed by atoms with van der Waals surface area (Å²) in [4.78, 5) is 25.4. The number of nitrogen functional groups attached to an aromatic ring is 1. The smallest absolute Gasteiger partial charge is 0.410 e. The fourth-order valence-corrected chi connectivity index (χ4v) is 2.54. The number of carbonyl (C=O) groups excluding carboxylic acids is 2. The molecule has 1 heterocycles. The first-order chi connectivity index (χ1) is 11.7. The second-order valence-corrected chi connectivity index (χ2v) is 7.03. The highest BCUT2D eigenvalue weighted by Crippen LogP contribution is 2.27. The van der Waals surface area contributed by atoms with Crippen molar-refractivity contribution >= 4 is 17.7 Å². The van der Waals surface area contributed by atoms with E-state index < -0.39 is 11.6 Å². The predicted molar refractivity (Wildman–Crippen MR) is 93.7 cm³/mol. The van der Waals surface area contributed by atoms with Crippen LogP contribution in [0.2, 0.25) is 0 Å². The summed E-state index contributed by atoms with van der Waals surface area (Å²) in [7, 11) is 1.33. The zero-order chi connectivity index (χ0) is 18.6. The van der Waals surface area contributed by atoms with Crippen LogP contribution in [-0.2, 0) is 9.47 Å². The molecule has 0 spiro atoms. The largest absolute Gasteiger partial charge is 0.488 e. The van der Waals surface area contributed by atoms with Gasteiger partial charge >= 0.3 is 12.1 Å². The summed E-state index contributed by atoms with van der Waals surface area (Å²) < 4.78 is 16.0. The number of amides is 1. The van der Waals surface area contributed by atoms with Crippen molar-refractivity contribution in [3.05, 3.63) is 23.8 Å². The van der Waals surface area contributed by atoms with E-state index in [0.29, 0.717) is 42.9 Å². The topological polar surface area (TPSA) is 91.1 Å². The third-order valence-electron chi connectivity index (χ3n) is 3.82. The first kappa shape index (κ1) is 18.9. The van der Waals surface area contributed by atoms with Gasteiger partial charge in [0.1, 0.15) is 17.5 Å². The van der Waals surface area contributed by atoms with Crippen molar-refractivity contribution in [2.24, 2.45) is 0 Å². The van der Waals surface area contributed by atoms with E-state index in [2.05, 4.69) is 0 Å². The lowest BCUT2D eigenvalue weighted by molar-refractivity contribution is 0.0126. The number of benzene rings is 1. The van der Waals surface area contributed by atoms with E-state index >= 15 is 0 Å². The van der Waals surface area contributed by atoms with Crippen molar-refractivity contribution < 1.29 is 23.8 Å². The Kier molecular flexibility index (Phi) is 5.77. The fraction of sp³-hybridized carbons (Fsp3) is 0.556. The highest BCUT2D eigenvalue weighted by Gasteiger charge is 2.28. The normalized spacial score (nSPS) is 15.6. The number of hydrogen-bond donors (Lipinski definition) is 1. The highest BCUT2D eigenvalue weighted by molar-refractivity contribution is 5.90. The van der Waals surface area contributed by atoms with Crippen LogP contribution in [0, 0.1) is 0 Å². The molecule has 0 atom stereocenters. The highest BCUT2D eigenvalue weighted by atomic mass is 16.6.